The van der Waals surface area contributed by atoms with Crippen molar-refractivity contribution in [3.8, 4) is 0 Å². The zero-order valence-corrected chi connectivity index (χ0v) is 15.9. The molecule has 136 valence electrons. The monoisotopic (exact) mass is 372 g/mol. The molecule has 0 atom stereocenters. The van der Waals surface area contributed by atoms with Gasteiger partial charge in [-0.15, -0.1) is 0 Å². The second kappa shape index (κ2) is 7.93. The Morgan fingerprint density at radius 2 is 1.96 bits per heavy atom. The van der Waals surface area contributed by atoms with E-state index >= 15 is 0 Å². The largest absolute Gasteiger partial charge is 0.383 e. The van der Waals surface area contributed by atoms with Crippen LogP contribution in [0.3, 0.4) is 0 Å². The van der Waals surface area contributed by atoms with E-state index in [0.29, 0.717) is 18.0 Å². The number of methoxy groups -OCH3 is 1. The third-order valence-corrected chi connectivity index (χ3v) is 5.35. The van der Waals surface area contributed by atoms with Crippen molar-refractivity contribution in [2.45, 2.75) is 26.8 Å². The summed E-state index contributed by atoms with van der Waals surface area (Å²) in [6.07, 6.45) is 0.150. The minimum atomic E-state index is -0.314. The average Bonchev–Trinajstić information content (AvgIpc) is 2.92. The zero-order valence-electron chi connectivity index (χ0n) is 15.1. The number of rotatable bonds is 5. The highest BCUT2D eigenvalue weighted by atomic mass is 32.1. The predicted octanol–water partition coefficient (Wildman–Crippen LogP) is 3.78. The molecule has 0 aliphatic rings. The summed E-state index contributed by atoms with van der Waals surface area (Å²) >= 11 is 1.51. The number of ether oxygens (including phenoxy) is 1. The zero-order chi connectivity index (χ0) is 18.7. The van der Waals surface area contributed by atoms with Gasteiger partial charge in [-0.2, -0.15) is 4.99 Å². The number of nitrogens with zero attached hydrogens (tertiary/aromatic N) is 2. The quantitative estimate of drug-likeness (QED) is 0.684. The van der Waals surface area contributed by atoms with Gasteiger partial charge in [-0.3, -0.25) is 4.79 Å². The highest BCUT2D eigenvalue weighted by Gasteiger charge is 2.11. The van der Waals surface area contributed by atoms with E-state index in [2.05, 4.69) is 31.0 Å². The van der Waals surface area contributed by atoms with Crippen molar-refractivity contribution < 1.29 is 13.9 Å². The van der Waals surface area contributed by atoms with Crippen LogP contribution >= 0.6 is 11.3 Å². The van der Waals surface area contributed by atoms with Gasteiger partial charge in [0.25, 0.3) is 5.91 Å². The van der Waals surface area contributed by atoms with Gasteiger partial charge in [0.2, 0.25) is 0 Å². The van der Waals surface area contributed by atoms with Crippen molar-refractivity contribution in [2.75, 3.05) is 13.7 Å². The Balaban J connectivity index is 2.01. The van der Waals surface area contributed by atoms with E-state index < -0.39 is 0 Å². The fraction of sp³-hybridized carbons (Fsp3) is 0.300. The number of carbonyl (C=O) groups excluding carboxylic acids is 1. The number of hydrogen-bond acceptors (Lipinski definition) is 3. The first-order valence-corrected chi connectivity index (χ1v) is 9.21. The lowest BCUT2D eigenvalue weighted by Gasteiger charge is -2.06. The molecule has 0 N–H and O–H groups in total. The molecule has 0 saturated carbocycles. The summed E-state index contributed by atoms with van der Waals surface area (Å²) in [5.41, 5.74) is 4.15. The van der Waals surface area contributed by atoms with Crippen LogP contribution in [0.5, 0.6) is 0 Å². The van der Waals surface area contributed by atoms with Crippen LogP contribution in [0.15, 0.2) is 41.4 Å². The number of thiazole rings is 1. The molecule has 0 fully saturated rings. The molecule has 0 spiro atoms. The summed E-state index contributed by atoms with van der Waals surface area (Å²) in [7, 11) is 1.65. The van der Waals surface area contributed by atoms with E-state index in [0.717, 1.165) is 15.8 Å². The van der Waals surface area contributed by atoms with Crippen LogP contribution in [0.1, 0.15) is 16.7 Å². The number of amides is 1. The third kappa shape index (κ3) is 4.08. The molecule has 1 aromatic heterocycles. The highest BCUT2D eigenvalue weighted by Crippen LogP contribution is 2.23. The summed E-state index contributed by atoms with van der Waals surface area (Å²) < 4.78 is 21.4. The van der Waals surface area contributed by atoms with Gasteiger partial charge in [0.15, 0.2) is 4.80 Å². The minimum absolute atomic E-state index is 0.150. The van der Waals surface area contributed by atoms with Gasteiger partial charge in [-0.25, -0.2) is 4.39 Å². The number of fused-ring (bicyclic) bond motifs is 1. The van der Waals surface area contributed by atoms with Crippen molar-refractivity contribution in [3.63, 3.8) is 0 Å². The molecule has 0 unspecified atom stereocenters. The van der Waals surface area contributed by atoms with Crippen LogP contribution < -0.4 is 4.80 Å². The van der Waals surface area contributed by atoms with Crippen molar-refractivity contribution in [2.24, 2.45) is 4.99 Å². The molecule has 3 aromatic rings. The molecular weight excluding hydrogens is 351 g/mol. The number of hydrogen-bond donors (Lipinski definition) is 0. The van der Waals surface area contributed by atoms with Crippen molar-refractivity contribution in [1.29, 1.82) is 0 Å². The molecule has 1 amide bonds. The van der Waals surface area contributed by atoms with Crippen LogP contribution in [0.4, 0.5) is 4.39 Å². The Kier molecular flexibility index (Phi) is 5.64. The van der Waals surface area contributed by atoms with Crippen molar-refractivity contribution in [3.05, 3.63) is 63.7 Å². The molecule has 0 aliphatic carbocycles. The number of carbonyl (C=O) groups is 1. The first-order valence-electron chi connectivity index (χ1n) is 8.39. The molecule has 3 rings (SSSR count). The average molecular weight is 372 g/mol. The van der Waals surface area contributed by atoms with E-state index in [1.54, 1.807) is 19.2 Å². The van der Waals surface area contributed by atoms with Gasteiger partial charge in [-0.05, 0) is 48.7 Å². The topological polar surface area (TPSA) is 43.6 Å². The fourth-order valence-corrected chi connectivity index (χ4v) is 4.04. The molecular formula is C20H21FN2O2S. The van der Waals surface area contributed by atoms with Crippen LogP contribution in [0.25, 0.3) is 10.2 Å². The van der Waals surface area contributed by atoms with Crippen LogP contribution in [0, 0.1) is 19.7 Å². The van der Waals surface area contributed by atoms with Crippen molar-refractivity contribution in [1.82, 2.24) is 4.57 Å². The fourth-order valence-electron chi connectivity index (χ4n) is 2.92. The number of benzene rings is 2. The van der Waals surface area contributed by atoms with Crippen LogP contribution in [-0.4, -0.2) is 24.2 Å². The maximum atomic E-state index is 13.0. The van der Waals surface area contributed by atoms with E-state index in [4.69, 9.17) is 4.74 Å². The molecule has 0 radical (unpaired) electrons. The Labute approximate surface area is 155 Å². The van der Waals surface area contributed by atoms with E-state index in [1.807, 2.05) is 4.57 Å². The number of halogens is 1. The van der Waals surface area contributed by atoms with Gasteiger partial charge in [-0.1, -0.05) is 29.5 Å². The standard InChI is InChI=1S/C20H21FN2O2S/c1-13-10-14(2)19-17(11-13)23(8-9-25-3)20(26-19)22-18(24)12-15-4-6-16(21)7-5-15/h4-7,10-11H,8-9,12H2,1-3H3. The molecule has 0 bridgehead atoms. The van der Waals surface area contributed by atoms with Gasteiger partial charge in [0.1, 0.15) is 5.82 Å². The van der Waals surface area contributed by atoms with Gasteiger partial charge in [0.05, 0.1) is 23.2 Å². The molecule has 0 aliphatic heterocycles. The molecule has 2 aromatic carbocycles. The number of aromatic nitrogens is 1. The Morgan fingerprint density at radius 1 is 1.23 bits per heavy atom. The lowest BCUT2D eigenvalue weighted by Crippen LogP contribution is -2.19. The maximum absolute atomic E-state index is 13.0. The van der Waals surface area contributed by atoms with Gasteiger partial charge >= 0.3 is 0 Å². The maximum Gasteiger partial charge on any atom is 0.252 e. The molecule has 26 heavy (non-hydrogen) atoms. The lowest BCUT2D eigenvalue weighted by atomic mass is 10.1. The SMILES string of the molecule is COCCn1c(=NC(=O)Cc2ccc(F)cc2)sc2c(C)cc(C)cc21. The summed E-state index contributed by atoms with van der Waals surface area (Å²) in [6.45, 7) is 5.29. The number of aryl methyl sites for hydroxylation is 2. The smallest absolute Gasteiger partial charge is 0.252 e. The second-order valence-corrected chi connectivity index (χ2v) is 7.25. The lowest BCUT2D eigenvalue weighted by molar-refractivity contribution is -0.117. The Morgan fingerprint density at radius 3 is 2.65 bits per heavy atom. The first-order chi connectivity index (χ1) is 12.5. The van der Waals surface area contributed by atoms with E-state index in [9.17, 15) is 9.18 Å². The van der Waals surface area contributed by atoms with Gasteiger partial charge < -0.3 is 9.30 Å². The molecule has 6 heteroatoms. The van der Waals surface area contributed by atoms with Crippen molar-refractivity contribution >= 4 is 27.5 Å². The second-order valence-electron chi connectivity index (χ2n) is 6.27. The minimum Gasteiger partial charge on any atom is -0.383 e. The molecule has 0 saturated heterocycles. The summed E-state index contributed by atoms with van der Waals surface area (Å²) in [4.78, 5) is 17.4. The van der Waals surface area contributed by atoms with Crippen LogP contribution in [-0.2, 0) is 22.5 Å². The van der Waals surface area contributed by atoms with Gasteiger partial charge in [0, 0.05) is 13.7 Å². The van der Waals surface area contributed by atoms with E-state index in [1.165, 1.54) is 34.6 Å². The third-order valence-electron chi connectivity index (χ3n) is 4.12. The molecule has 4 nitrogen and oxygen atoms in total. The summed E-state index contributed by atoms with van der Waals surface area (Å²) in [5, 5.41) is 0. The van der Waals surface area contributed by atoms with Crippen LogP contribution in [0.2, 0.25) is 0 Å². The summed E-state index contributed by atoms with van der Waals surface area (Å²) in [5.74, 6) is -0.561. The van der Waals surface area contributed by atoms with E-state index in [-0.39, 0.29) is 18.1 Å². The Hall–Kier alpha value is -2.31. The first kappa shape index (κ1) is 18.5. The predicted molar refractivity (Wildman–Crippen MR) is 102 cm³/mol. The molecule has 1 heterocycles. The summed E-state index contributed by atoms with van der Waals surface area (Å²) in [6, 6.07) is 10.2. The highest BCUT2D eigenvalue weighted by molar-refractivity contribution is 7.16. The Bertz CT molecular complexity index is 1000. The normalized spacial score (nSPS) is 12.1.